The van der Waals surface area contributed by atoms with E-state index in [-0.39, 0.29) is 12.1 Å². The summed E-state index contributed by atoms with van der Waals surface area (Å²) in [5, 5.41) is 0. The molecule has 2 aliphatic rings. The molecule has 3 aromatic carbocycles. The fourth-order valence-electron chi connectivity index (χ4n) is 4.42. The molecule has 2 fully saturated rings. The molecule has 168 valence electrons. The quantitative estimate of drug-likeness (QED) is 0.489. The second-order valence-electron chi connectivity index (χ2n) is 9.56. The number of carbonyl (C=O) groups excluding carboxylic acids is 1. The van der Waals surface area contributed by atoms with Crippen molar-refractivity contribution >= 4 is 17.5 Å². The SMILES string of the molecule is CC(C)(C)OC(=O)N1C[C@@]2(c3ccc(N=C(c4ccccc4)c4ccccc4)cc3)OCC12. The first-order valence-corrected chi connectivity index (χ1v) is 11.3. The van der Waals surface area contributed by atoms with Gasteiger partial charge >= 0.3 is 6.09 Å². The topological polar surface area (TPSA) is 51.1 Å². The first kappa shape index (κ1) is 21.4. The number of nitrogens with zero attached hydrogens (tertiary/aromatic N) is 2. The summed E-state index contributed by atoms with van der Waals surface area (Å²) in [6.45, 7) is 6.69. The van der Waals surface area contributed by atoms with E-state index in [1.165, 1.54) is 0 Å². The van der Waals surface area contributed by atoms with Gasteiger partial charge in [-0.3, -0.25) is 4.90 Å². The smallest absolute Gasteiger partial charge is 0.410 e. The number of fused-ring (bicyclic) bond motifs is 1. The number of hydrogen-bond donors (Lipinski definition) is 0. The summed E-state index contributed by atoms with van der Waals surface area (Å²) in [5.74, 6) is 0. The Balaban J connectivity index is 1.38. The van der Waals surface area contributed by atoms with Gasteiger partial charge in [0.2, 0.25) is 0 Å². The summed E-state index contributed by atoms with van der Waals surface area (Å²) in [5.41, 5.74) is 4.08. The molecule has 5 nitrogen and oxygen atoms in total. The Kier molecular flexibility index (Phi) is 5.29. The number of morpholine rings is 1. The van der Waals surface area contributed by atoms with Crippen LogP contribution in [0.5, 0.6) is 0 Å². The third-order valence-electron chi connectivity index (χ3n) is 6.14. The molecule has 33 heavy (non-hydrogen) atoms. The van der Waals surface area contributed by atoms with Crippen LogP contribution in [0.25, 0.3) is 0 Å². The van der Waals surface area contributed by atoms with Crippen molar-refractivity contribution in [3.05, 3.63) is 102 Å². The van der Waals surface area contributed by atoms with Crippen molar-refractivity contribution in [2.24, 2.45) is 4.99 Å². The van der Waals surface area contributed by atoms with Gasteiger partial charge in [0.1, 0.15) is 11.2 Å². The standard InChI is InChI=1S/C28H28N2O3/c1-27(2,3)33-26(31)30-19-28(24(30)18-32-28)22-14-16-23(17-15-22)29-25(20-10-6-4-7-11-20)21-12-8-5-9-13-21/h4-17,24H,18-19H2,1-3H3/t24?,28-/m0/s1. The highest BCUT2D eigenvalue weighted by atomic mass is 16.6. The van der Waals surface area contributed by atoms with E-state index in [0.717, 1.165) is 28.1 Å². The van der Waals surface area contributed by atoms with Crippen LogP contribution < -0.4 is 0 Å². The average molecular weight is 441 g/mol. The third-order valence-corrected chi connectivity index (χ3v) is 6.14. The molecule has 0 N–H and O–H groups in total. The van der Waals surface area contributed by atoms with Gasteiger partial charge in [-0.05, 0) is 38.5 Å². The molecule has 5 heteroatoms. The number of aliphatic imine (C=N–C) groups is 1. The molecular formula is C28H28N2O3. The molecule has 2 atom stereocenters. The molecule has 0 radical (unpaired) electrons. The van der Waals surface area contributed by atoms with Crippen LogP contribution in [0.4, 0.5) is 10.5 Å². The average Bonchev–Trinajstić information content (AvgIpc) is 2.80. The van der Waals surface area contributed by atoms with E-state index in [1.807, 2.05) is 69.3 Å². The van der Waals surface area contributed by atoms with Crippen LogP contribution in [0.1, 0.15) is 37.5 Å². The van der Waals surface area contributed by atoms with Crippen molar-refractivity contribution < 1.29 is 14.3 Å². The largest absolute Gasteiger partial charge is 0.444 e. The Morgan fingerprint density at radius 2 is 1.52 bits per heavy atom. The second-order valence-corrected chi connectivity index (χ2v) is 9.56. The Morgan fingerprint density at radius 1 is 0.939 bits per heavy atom. The lowest BCUT2D eigenvalue weighted by molar-refractivity contribution is -0.289. The Labute approximate surface area is 194 Å². The Bertz CT molecular complexity index is 1130. The second kappa shape index (κ2) is 8.16. The molecule has 0 aliphatic carbocycles. The summed E-state index contributed by atoms with van der Waals surface area (Å²) in [4.78, 5) is 19.2. The van der Waals surface area contributed by atoms with Crippen LogP contribution in [0, 0.1) is 0 Å². The molecular weight excluding hydrogens is 412 g/mol. The first-order valence-electron chi connectivity index (χ1n) is 11.3. The number of likely N-dealkylation sites (tertiary alicyclic amines) is 1. The van der Waals surface area contributed by atoms with Crippen molar-refractivity contribution in [1.82, 2.24) is 4.90 Å². The molecule has 1 unspecified atom stereocenters. The third kappa shape index (κ3) is 4.05. The van der Waals surface area contributed by atoms with Gasteiger partial charge < -0.3 is 9.47 Å². The zero-order chi connectivity index (χ0) is 23.1. The maximum absolute atomic E-state index is 12.5. The van der Waals surface area contributed by atoms with E-state index in [9.17, 15) is 4.79 Å². The van der Waals surface area contributed by atoms with Gasteiger partial charge in [0.25, 0.3) is 0 Å². The predicted octanol–water partition coefficient (Wildman–Crippen LogP) is 5.70. The van der Waals surface area contributed by atoms with Gasteiger partial charge in [-0.25, -0.2) is 9.79 Å². The number of ether oxygens (including phenoxy) is 2. The number of carbonyl (C=O) groups is 1. The lowest BCUT2D eigenvalue weighted by Gasteiger charge is -2.63. The summed E-state index contributed by atoms with van der Waals surface area (Å²) < 4.78 is 11.5. The normalized spacial score (nSPS) is 21.3. The summed E-state index contributed by atoms with van der Waals surface area (Å²) in [6, 6.07) is 28.6. The van der Waals surface area contributed by atoms with Crippen LogP contribution in [0.2, 0.25) is 0 Å². The molecule has 1 amide bonds. The molecule has 2 aliphatic heterocycles. The van der Waals surface area contributed by atoms with Gasteiger partial charge in [-0.15, -0.1) is 0 Å². The van der Waals surface area contributed by atoms with Gasteiger partial charge in [0.05, 0.1) is 30.6 Å². The van der Waals surface area contributed by atoms with E-state index in [4.69, 9.17) is 14.5 Å². The summed E-state index contributed by atoms with van der Waals surface area (Å²) in [6.07, 6.45) is -0.275. The van der Waals surface area contributed by atoms with E-state index >= 15 is 0 Å². The van der Waals surface area contributed by atoms with Crippen LogP contribution >= 0.6 is 0 Å². The Hall–Kier alpha value is -3.44. The van der Waals surface area contributed by atoms with Crippen LogP contribution in [-0.2, 0) is 15.1 Å². The van der Waals surface area contributed by atoms with Crippen molar-refractivity contribution in [3.8, 4) is 0 Å². The van der Waals surface area contributed by atoms with Gasteiger partial charge in [0, 0.05) is 11.1 Å². The van der Waals surface area contributed by atoms with Crippen LogP contribution in [-0.4, -0.2) is 41.5 Å². The minimum Gasteiger partial charge on any atom is -0.444 e. The van der Waals surface area contributed by atoms with E-state index in [1.54, 1.807) is 4.90 Å². The highest BCUT2D eigenvalue weighted by Gasteiger charge is 2.64. The molecule has 0 saturated carbocycles. The van der Waals surface area contributed by atoms with Crippen molar-refractivity contribution in [2.75, 3.05) is 13.2 Å². The number of hydrogen-bond acceptors (Lipinski definition) is 4. The van der Waals surface area contributed by atoms with E-state index in [2.05, 4.69) is 36.4 Å². The van der Waals surface area contributed by atoms with E-state index in [0.29, 0.717) is 13.2 Å². The monoisotopic (exact) mass is 440 g/mol. The first-order chi connectivity index (χ1) is 15.9. The maximum Gasteiger partial charge on any atom is 0.410 e. The van der Waals surface area contributed by atoms with Crippen molar-refractivity contribution in [2.45, 2.75) is 38.0 Å². The van der Waals surface area contributed by atoms with Crippen LogP contribution in [0.15, 0.2) is 89.9 Å². The van der Waals surface area contributed by atoms with Crippen LogP contribution in [0.3, 0.4) is 0 Å². The summed E-state index contributed by atoms with van der Waals surface area (Å²) in [7, 11) is 0. The fourth-order valence-corrected chi connectivity index (χ4v) is 4.42. The number of benzene rings is 3. The highest BCUT2D eigenvalue weighted by molar-refractivity contribution is 6.13. The summed E-state index contributed by atoms with van der Waals surface area (Å²) >= 11 is 0. The van der Waals surface area contributed by atoms with E-state index < -0.39 is 11.2 Å². The Morgan fingerprint density at radius 3 is 1.97 bits per heavy atom. The zero-order valence-corrected chi connectivity index (χ0v) is 19.2. The van der Waals surface area contributed by atoms with Gasteiger partial charge in [-0.2, -0.15) is 0 Å². The van der Waals surface area contributed by atoms with Crippen molar-refractivity contribution in [1.29, 1.82) is 0 Å². The highest BCUT2D eigenvalue weighted by Crippen LogP contribution is 2.50. The predicted molar refractivity (Wildman–Crippen MR) is 129 cm³/mol. The number of rotatable bonds is 4. The lowest BCUT2D eigenvalue weighted by Crippen LogP contribution is -2.78. The molecule has 2 heterocycles. The molecule has 5 rings (SSSR count). The molecule has 0 spiro atoms. The lowest BCUT2D eigenvalue weighted by atomic mass is 9.74. The molecule has 3 aromatic rings. The molecule has 0 bridgehead atoms. The fraction of sp³-hybridized carbons (Fsp3) is 0.286. The zero-order valence-electron chi connectivity index (χ0n) is 19.2. The minimum absolute atomic E-state index is 0.0194. The molecule has 0 aromatic heterocycles. The van der Waals surface area contributed by atoms with Gasteiger partial charge in [0.15, 0.2) is 0 Å². The maximum atomic E-state index is 12.5. The number of amides is 1. The molecule has 2 saturated heterocycles. The van der Waals surface area contributed by atoms with Gasteiger partial charge in [-0.1, -0.05) is 72.8 Å². The van der Waals surface area contributed by atoms with Crippen molar-refractivity contribution in [3.63, 3.8) is 0 Å². The minimum atomic E-state index is -0.505.